The van der Waals surface area contributed by atoms with Gasteiger partial charge in [-0.3, -0.25) is 0 Å². The number of thiazole rings is 1. The van der Waals surface area contributed by atoms with Crippen molar-refractivity contribution in [1.82, 2.24) is 4.98 Å². The Hall–Kier alpha value is 0.360. The number of hydrogen-bond acceptors (Lipinski definition) is 4. The monoisotopic (exact) mass is 284 g/mol. The van der Waals surface area contributed by atoms with E-state index in [0.29, 0.717) is 17.1 Å². The van der Waals surface area contributed by atoms with E-state index >= 15 is 0 Å². The van der Waals surface area contributed by atoms with Crippen molar-refractivity contribution in [2.45, 2.75) is 18.8 Å². The summed E-state index contributed by atoms with van der Waals surface area (Å²) in [5.41, 5.74) is 0. The molecule has 0 saturated heterocycles. The number of rotatable bonds is 5. The molecule has 0 N–H and O–H groups in total. The van der Waals surface area contributed by atoms with Crippen LogP contribution in [-0.4, -0.2) is 30.1 Å². The SMILES string of the molecule is CSCC(C)N(C)c1nc(Cl)c(CCl)s1. The molecule has 1 aromatic heterocycles. The largest absolute Gasteiger partial charge is 0.348 e. The normalized spacial score (nSPS) is 12.9. The van der Waals surface area contributed by atoms with Crippen LogP contribution in [0.5, 0.6) is 0 Å². The molecule has 0 aromatic carbocycles. The van der Waals surface area contributed by atoms with E-state index in [1.807, 2.05) is 18.8 Å². The predicted molar refractivity (Wildman–Crippen MR) is 72.9 cm³/mol. The van der Waals surface area contributed by atoms with Crippen molar-refractivity contribution in [1.29, 1.82) is 0 Å². The number of alkyl halides is 1. The van der Waals surface area contributed by atoms with Crippen LogP contribution in [0.15, 0.2) is 0 Å². The minimum atomic E-state index is 0.432. The Balaban J connectivity index is 2.77. The van der Waals surface area contributed by atoms with Gasteiger partial charge in [0.2, 0.25) is 0 Å². The van der Waals surface area contributed by atoms with E-state index in [-0.39, 0.29) is 0 Å². The molecule has 0 bridgehead atoms. The van der Waals surface area contributed by atoms with Crippen molar-refractivity contribution in [3.63, 3.8) is 0 Å². The lowest BCUT2D eigenvalue weighted by molar-refractivity contribution is 0.762. The predicted octanol–water partition coefficient (Wildman–Crippen LogP) is 3.72. The standard InChI is InChI=1S/C9H14Cl2N2S2/c1-6(5-14-3)13(2)9-12-8(11)7(4-10)15-9/h6H,4-5H2,1-3H3. The maximum atomic E-state index is 5.95. The summed E-state index contributed by atoms with van der Waals surface area (Å²) in [6.45, 7) is 2.17. The Bertz CT molecular complexity index is 317. The van der Waals surface area contributed by atoms with Crippen LogP contribution in [0.25, 0.3) is 0 Å². The molecule has 1 heterocycles. The highest BCUT2D eigenvalue weighted by Crippen LogP contribution is 2.31. The van der Waals surface area contributed by atoms with Crippen molar-refractivity contribution in [2.24, 2.45) is 0 Å². The van der Waals surface area contributed by atoms with E-state index in [0.717, 1.165) is 15.8 Å². The highest BCUT2D eigenvalue weighted by molar-refractivity contribution is 7.98. The molecule has 15 heavy (non-hydrogen) atoms. The first-order chi connectivity index (χ1) is 7.10. The quantitative estimate of drug-likeness (QED) is 0.767. The number of nitrogens with zero attached hydrogens (tertiary/aromatic N) is 2. The van der Waals surface area contributed by atoms with Crippen molar-refractivity contribution in [3.05, 3.63) is 10.0 Å². The third-order valence-electron chi connectivity index (χ3n) is 2.13. The number of thioether (sulfide) groups is 1. The maximum Gasteiger partial charge on any atom is 0.187 e. The zero-order valence-electron chi connectivity index (χ0n) is 8.96. The van der Waals surface area contributed by atoms with Crippen LogP contribution in [-0.2, 0) is 5.88 Å². The van der Waals surface area contributed by atoms with E-state index in [4.69, 9.17) is 23.2 Å². The fourth-order valence-electron chi connectivity index (χ4n) is 1.10. The highest BCUT2D eigenvalue weighted by atomic mass is 35.5. The number of aromatic nitrogens is 1. The number of anilines is 1. The summed E-state index contributed by atoms with van der Waals surface area (Å²) in [5.74, 6) is 1.51. The Morgan fingerprint density at radius 3 is 2.73 bits per heavy atom. The van der Waals surface area contributed by atoms with Gasteiger partial charge in [0.25, 0.3) is 0 Å². The topological polar surface area (TPSA) is 16.1 Å². The molecule has 0 aliphatic carbocycles. The molecule has 0 amide bonds. The third-order valence-corrected chi connectivity index (χ3v) is 4.94. The first-order valence-corrected chi connectivity index (χ1v) is 7.65. The lowest BCUT2D eigenvalue weighted by atomic mass is 10.4. The van der Waals surface area contributed by atoms with Crippen LogP contribution in [0.1, 0.15) is 11.8 Å². The van der Waals surface area contributed by atoms with Gasteiger partial charge in [-0.15, -0.1) is 11.6 Å². The van der Waals surface area contributed by atoms with Gasteiger partial charge in [0.05, 0.1) is 10.8 Å². The molecule has 0 radical (unpaired) electrons. The third kappa shape index (κ3) is 3.41. The van der Waals surface area contributed by atoms with Crippen molar-refractivity contribution >= 4 is 51.4 Å². The van der Waals surface area contributed by atoms with Crippen LogP contribution < -0.4 is 4.90 Å². The van der Waals surface area contributed by atoms with Crippen molar-refractivity contribution in [2.75, 3.05) is 24.0 Å². The highest BCUT2D eigenvalue weighted by Gasteiger charge is 2.15. The molecule has 0 aliphatic heterocycles. The second-order valence-electron chi connectivity index (χ2n) is 3.26. The molecule has 1 aromatic rings. The molecule has 0 saturated carbocycles. The molecule has 1 unspecified atom stereocenters. The molecule has 0 spiro atoms. The Kier molecular flexibility index (Phi) is 5.53. The zero-order chi connectivity index (χ0) is 11.4. The molecule has 0 fully saturated rings. The number of halogens is 2. The Morgan fingerprint density at radius 1 is 1.60 bits per heavy atom. The maximum absolute atomic E-state index is 5.95. The summed E-state index contributed by atoms with van der Waals surface area (Å²) >= 11 is 15.1. The second kappa shape index (κ2) is 6.18. The number of hydrogen-bond donors (Lipinski definition) is 0. The van der Waals surface area contributed by atoms with E-state index < -0.39 is 0 Å². The average Bonchev–Trinajstić information content (AvgIpc) is 2.59. The second-order valence-corrected chi connectivity index (χ2v) is 5.86. The minimum absolute atomic E-state index is 0.432. The van der Waals surface area contributed by atoms with Gasteiger partial charge < -0.3 is 4.90 Å². The first-order valence-electron chi connectivity index (χ1n) is 4.53. The molecule has 86 valence electrons. The van der Waals surface area contributed by atoms with Gasteiger partial charge in [0.15, 0.2) is 5.13 Å². The summed E-state index contributed by atoms with van der Waals surface area (Å²) in [7, 11) is 2.04. The summed E-state index contributed by atoms with van der Waals surface area (Å²) in [5, 5.41) is 1.48. The van der Waals surface area contributed by atoms with E-state index in [1.54, 1.807) is 11.3 Å². The molecule has 2 nitrogen and oxygen atoms in total. The lowest BCUT2D eigenvalue weighted by Crippen LogP contribution is -2.30. The molecule has 6 heteroatoms. The van der Waals surface area contributed by atoms with E-state index in [9.17, 15) is 0 Å². The fraction of sp³-hybridized carbons (Fsp3) is 0.667. The van der Waals surface area contributed by atoms with Crippen molar-refractivity contribution < 1.29 is 0 Å². The van der Waals surface area contributed by atoms with E-state index in [2.05, 4.69) is 23.1 Å². The summed E-state index contributed by atoms with van der Waals surface area (Å²) in [4.78, 5) is 7.38. The molecule has 1 rings (SSSR count). The van der Waals surface area contributed by atoms with Crippen LogP contribution in [0.3, 0.4) is 0 Å². The van der Waals surface area contributed by atoms with Gasteiger partial charge in [-0.25, -0.2) is 4.98 Å². The van der Waals surface area contributed by atoms with Crippen LogP contribution >= 0.6 is 46.3 Å². The molecule has 1 atom stereocenters. The van der Waals surface area contributed by atoms with Gasteiger partial charge in [0.1, 0.15) is 5.15 Å². The zero-order valence-corrected chi connectivity index (χ0v) is 12.1. The van der Waals surface area contributed by atoms with Gasteiger partial charge in [0, 0.05) is 18.8 Å². The van der Waals surface area contributed by atoms with E-state index in [1.165, 1.54) is 0 Å². The van der Waals surface area contributed by atoms with Crippen LogP contribution in [0, 0.1) is 0 Å². The summed E-state index contributed by atoms with van der Waals surface area (Å²) in [6.07, 6.45) is 2.10. The van der Waals surface area contributed by atoms with Crippen molar-refractivity contribution in [3.8, 4) is 0 Å². The lowest BCUT2D eigenvalue weighted by Gasteiger charge is -2.23. The van der Waals surface area contributed by atoms with Crippen LogP contribution in [0.2, 0.25) is 5.15 Å². The van der Waals surface area contributed by atoms with Gasteiger partial charge in [-0.2, -0.15) is 11.8 Å². The Labute approximate surface area is 109 Å². The molecular weight excluding hydrogens is 271 g/mol. The summed E-state index contributed by atoms with van der Waals surface area (Å²) in [6, 6.07) is 0.449. The molecule has 0 aliphatic rings. The van der Waals surface area contributed by atoms with Gasteiger partial charge >= 0.3 is 0 Å². The molecular formula is C9H14Cl2N2S2. The first kappa shape index (κ1) is 13.4. The smallest absolute Gasteiger partial charge is 0.187 e. The van der Waals surface area contributed by atoms with Gasteiger partial charge in [-0.05, 0) is 13.2 Å². The Morgan fingerprint density at radius 2 is 2.27 bits per heavy atom. The van der Waals surface area contributed by atoms with Crippen LogP contribution in [0.4, 0.5) is 5.13 Å². The summed E-state index contributed by atoms with van der Waals surface area (Å²) < 4.78 is 0. The fourth-order valence-corrected chi connectivity index (χ4v) is 3.34. The van der Waals surface area contributed by atoms with Gasteiger partial charge in [-0.1, -0.05) is 22.9 Å². The minimum Gasteiger partial charge on any atom is -0.348 e. The average molecular weight is 285 g/mol.